The highest BCUT2D eigenvalue weighted by molar-refractivity contribution is 7.86. The van der Waals surface area contributed by atoms with E-state index >= 15 is 0 Å². The van der Waals surface area contributed by atoms with E-state index in [0.717, 1.165) is 32.2 Å². The van der Waals surface area contributed by atoms with Crippen molar-refractivity contribution < 1.29 is 8.42 Å². The van der Waals surface area contributed by atoms with Gasteiger partial charge in [-0.3, -0.25) is 0 Å². The first-order chi connectivity index (χ1) is 9.89. The Bertz CT molecular complexity index is 419. The van der Waals surface area contributed by atoms with Gasteiger partial charge in [-0.15, -0.1) is 0 Å². The smallest absolute Gasteiger partial charge is 0.282 e. The van der Waals surface area contributed by atoms with Crippen LogP contribution in [-0.2, 0) is 10.2 Å². The molecule has 0 spiro atoms. The number of hydrogen-bond acceptors (Lipinski definition) is 3. The lowest BCUT2D eigenvalue weighted by Crippen LogP contribution is -2.51. The molecule has 2 aliphatic heterocycles. The van der Waals surface area contributed by atoms with Crippen LogP contribution in [0.3, 0.4) is 0 Å². The Balaban J connectivity index is 2.08. The molecule has 0 saturated carbocycles. The van der Waals surface area contributed by atoms with Crippen LogP contribution < -0.4 is 5.32 Å². The molecule has 0 radical (unpaired) electrons. The van der Waals surface area contributed by atoms with Crippen LogP contribution >= 0.6 is 0 Å². The van der Waals surface area contributed by atoms with Gasteiger partial charge in [0.1, 0.15) is 0 Å². The van der Waals surface area contributed by atoms with Crippen molar-refractivity contribution in [1.29, 1.82) is 0 Å². The van der Waals surface area contributed by atoms with Crippen molar-refractivity contribution in [2.24, 2.45) is 11.8 Å². The van der Waals surface area contributed by atoms with Gasteiger partial charge in [0.25, 0.3) is 10.2 Å². The second kappa shape index (κ2) is 7.40. The highest BCUT2D eigenvalue weighted by Crippen LogP contribution is 2.22. The van der Waals surface area contributed by atoms with Gasteiger partial charge in [0.2, 0.25) is 0 Å². The summed E-state index contributed by atoms with van der Waals surface area (Å²) in [5.41, 5.74) is 0. The zero-order chi connectivity index (χ0) is 15.5. The summed E-state index contributed by atoms with van der Waals surface area (Å²) in [6.45, 7) is 9.92. The normalized spacial score (nSPS) is 28.6. The maximum Gasteiger partial charge on any atom is 0.282 e. The van der Waals surface area contributed by atoms with Crippen LogP contribution in [0.5, 0.6) is 0 Å². The lowest BCUT2D eigenvalue weighted by molar-refractivity contribution is 0.246. The first kappa shape index (κ1) is 17.2. The van der Waals surface area contributed by atoms with Crippen LogP contribution in [0, 0.1) is 11.8 Å². The van der Waals surface area contributed by atoms with E-state index in [1.807, 2.05) is 0 Å². The van der Waals surface area contributed by atoms with E-state index in [9.17, 15) is 8.42 Å². The summed E-state index contributed by atoms with van der Waals surface area (Å²) in [7, 11) is -3.31. The molecule has 2 unspecified atom stereocenters. The minimum Gasteiger partial charge on any atom is -0.313 e. The van der Waals surface area contributed by atoms with Crippen molar-refractivity contribution in [3.05, 3.63) is 0 Å². The highest BCUT2D eigenvalue weighted by atomic mass is 32.2. The molecule has 0 amide bonds. The average Bonchev–Trinajstić information content (AvgIpc) is 2.90. The number of nitrogens with one attached hydrogen (secondary N) is 1. The molecule has 1 N–H and O–H groups in total. The van der Waals surface area contributed by atoms with E-state index in [1.54, 1.807) is 8.61 Å². The molecule has 0 aliphatic carbocycles. The zero-order valence-electron chi connectivity index (χ0n) is 13.7. The predicted molar refractivity (Wildman–Crippen MR) is 86.3 cm³/mol. The SMILES string of the molecule is CC(C)CN(CC1CCCN1)S(=O)(=O)N1CCCC(C)C1. The minimum atomic E-state index is -3.31. The number of piperidine rings is 1. The first-order valence-electron chi connectivity index (χ1n) is 8.38. The predicted octanol–water partition coefficient (Wildman–Crippen LogP) is 1.67. The monoisotopic (exact) mass is 317 g/mol. The average molecular weight is 317 g/mol. The zero-order valence-corrected chi connectivity index (χ0v) is 14.5. The minimum absolute atomic E-state index is 0.320. The van der Waals surface area contributed by atoms with E-state index in [2.05, 4.69) is 26.1 Å². The van der Waals surface area contributed by atoms with Crippen molar-refractivity contribution in [1.82, 2.24) is 13.9 Å². The molecule has 2 heterocycles. The quantitative estimate of drug-likeness (QED) is 0.811. The number of nitrogens with zero attached hydrogens (tertiary/aromatic N) is 2. The molecule has 2 atom stereocenters. The Hall–Kier alpha value is -0.170. The molecule has 2 saturated heterocycles. The fraction of sp³-hybridized carbons (Fsp3) is 1.00. The van der Waals surface area contributed by atoms with Gasteiger partial charge in [0, 0.05) is 32.2 Å². The largest absolute Gasteiger partial charge is 0.313 e. The summed E-state index contributed by atoms with van der Waals surface area (Å²) < 4.78 is 29.4. The molecule has 2 aliphatic rings. The Morgan fingerprint density at radius 2 is 2.05 bits per heavy atom. The molecule has 21 heavy (non-hydrogen) atoms. The molecular weight excluding hydrogens is 286 g/mol. The molecule has 0 aromatic carbocycles. The Morgan fingerprint density at radius 3 is 2.62 bits per heavy atom. The third kappa shape index (κ3) is 4.65. The standard InChI is InChI=1S/C15H31N3O2S/c1-13(2)10-18(12-15-7-4-8-16-15)21(19,20)17-9-5-6-14(3)11-17/h13-16H,4-12H2,1-3H3. The topological polar surface area (TPSA) is 52.7 Å². The maximum absolute atomic E-state index is 13.0. The molecule has 5 nitrogen and oxygen atoms in total. The van der Waals surface area contributed by atoms with Crippen LogP contribution in [0.4, 0.5) is 0 Å². The van der Waals surface area contributed by atoms with Gasteiger partial charge in [-0.1, -0.05) is 20.8 Å². The van der Waals surface area contributed by atoms with E-state index in [-0.39, 0.29) is 0 Å². The van der Waals surface area contributed by atoms with E-state index in [0.29, 0.717) is 44.1 Å². The van der Waals surface area contributed by atoms with Gasteiger partial charge in [-0.05, 0) is 44.1 Å². The molecule has 124 valence electrons. The molecule has 6 heteroatoms. The lowest BCUT2D eigenvalue weighted by Gasteiger charge is -2.36. The third-order valence-corrected chi connectivity index (χ3v) is 6.36. The molecule has 2 fully saturated rings. The van der Waals surface area contributed by atoms with Crippen LogP contribution in [0.15, 0.2) is 0 Å². The van der Waals surface area contributed by atoms with Crippen molar-refractivity contribution in [2.45, 2.75) is 52.5 Å². The highest BCUT2D eigenvalue weighted by Gasteiger charge is 2.34. The summed E-state index contributed by atoms with van der Waals surface area (Å²) >= 11 is 0. The lowest BCUT2D eigenvalue weighted by atomic mass is 10.0. The Kier molecular flexibility index (Phi) is 6.05. The Morgan fingerprint density at radius 1 is 1.29 bits per heavy atom. The third-order valence-electron chi connectivity index (χ3n) is 4.43. The number of hydrogen-bond donors (Lipinski definition) is 1. The van der Waals surface area contributed by atoms with Gasteiger partial charge in [-0.25, -0.2) is 0 Å². The first-order valence-corrected chi connectivity index (χ1v) is 9.78. The van der Waals surface area contributed by atoms with Crippen molar-refractivity contribution >= 4 is 10.2 Å². The van der Waals surface area contributed by atoms with E-state index in [4.69, 9.17) is 0 Å². The van der Waals surface area contributed by atoms with Crippen molar-refractivity contribution in [2.75, 3.05) is 32.7 Å². The second-order valence-electron chi connectivity index (χ2n) is 7.12. The molecule has 0 aromatic heterocycles. The van der Waals surface area contributed by atoms with E-state index < -0.39 is 10.2 Å². The fourth-order valence-electron chi connectivity index (χ4n) is 3.35. The van der Waals surface area contributed by atoms with Gasteiger partial charge in [-0.2, -0.15) is 17.0 Å². The molecule has 2 rings (SSSR count). The van der Waals surface area contributed by atoms with Crippen molar-refractivity contribution in [3.8, 4) is 0 Å². The summed E-state index contributed by atoms with van der Waals surface area (Å²) in [6.07, 6.45) is 4.36. The summed E-state index contributed by atoms with van der Waals surface area (Å²) in [6, 6.07) is 0.320. The second-order valence-corrected chi connectivity index (χ2v) is 9.05. The van der Waals surface area contributed by atoms with Gasteiger partial charge >= 0.3 is 0 Å². The summed E-state index contributed by atoms with van der Waals surface area (Å²) in [5.74, 6) is 0.822. The summed E-state index contributed by atoms with van der Waals surface area (Å²) in [4.78, 5) is 0. The molecule has 0 bridgehead atoms. The maximum atomic E-state index is 13.0. The Labute approximate surface area is 130 Å². The van der Waals surface area contributed by atoms with E-state index in [1.165, 1.54) is 0 Å². The fourth-order valence-corrected chi connectivity index (χ4v) is 5.33. The number of rotatable bonds is 6. The van der Waals surface area contributed by atoms with Gasteiger partial charge in [0.15, 0.2) is 0 Å². The molecule has 0 aromatic rings. The van der Waals surface area contributed by atoms with Gasteiger partial charge in [0.05, 0.1) is 0 Å². The van der Waals surface area contributed by atoms with Crippen molar-refractivity contribution in [3.63, 3.8) is 0 Å². The van der Waals surface area contributed by atoms with Crippen LogP contribution in [0.1, 0.15) is 46.5 Å². The molecular formula is C15H31N3O2S. The van der Waals surface area contributed by atoms with Crippen LogP contribution in [0.25, 0.3) is 0 Å². The summed E-state index contributed by atoms with van der Waals surface area (Å²) in [5, 5.41) is 3.42. The van der Waals surface area contributed by atoms with Crippen LogP contribution in [-0.4, -0.2) is 55.8 Å². The van der Waals surface area contributed by atoms with Gasteiger partial charge < -0.3 is 5.32 Å². The van der Waals surface area contributed by atoms with Crippen LogP contribution in [0.2, 0.25) is 0 Å².